The highest BCUT2D eigenvalue weighted by atomic mass is 16.4. The number of carboxylic acid groups (broad SMARTS) is 1. The first-order chi connectivity index (χ1) is 10.1. The number of carboxylic acids is 1. The number of carbonyl (C=O) groups is 2. The summed E-state index contributed by atoms with van der Waals surface area (Å²) in [6.45, 7) is 2.79. The van der Waals surface area contributed by atoms with E-state index in [1.54, 1.807) is 18.2 Å². The number of carbonyl (C=O) groups excluding carboxylic acids is 1. The van der Waals surface area contributed by atoms with E-state index < -0.39 is 5.97 Å². The molecule has 1 fully saturated rings. The van der Waals surface area contributed by atoms with E-state index in [4.69, 9.17) is 5.11 Å². The van der Waals surface area contributed by atoms with E-state index in [0.717, 1.165) is 19.5 Å². The van der Waals surface area contributed by atoms with Gasteiger partial charge in [0.25, 0.3) is 0 Å². The van der Waals surface area contributed by atoms with Gasteiger partial charge in [-0.15, -0.1) is 0 Å². The van der Waals surface area contributed by atoms with Crippen molar-refractivity contribution < 1.29 is 14.7 Å². The van der Waals surface area contributed by atoms with Gasteiger partial charge in [-0.2, -0.15) is 0 Å². The molecule has 0 bridgehead atoms. The maximum Gasteiger partial charge on any atom is 0.335 e. The van der Waals surface area contributed by atoms with E-state index in [2.05, 4.69) is 17.3 Å². The maximum absolute atomic E-state index is 12.0. The Morgan fingerprint density at radius 3 is 2.86 bits per heavy atom. The summed E-state index contributed by atoms with van der Waals surface area (Å²) in [4.78, 5) is 25.4. The summed E-state index contributed by atoms with van der Waals surface area (Å²) in [6.07, 6.45) is 2.42. The van der Waals surface area contributed by atoms with Crippen LogP contribution >= 0.6 is 0 Å². The molecule has 114 valence electrons. The van der Waals surface area contributed by atoms with Crippen molar-refractivity contribution in [3.05, 3.63) is 35.4 Å². The molecule has 1 aromatic rings. The number of hydrogen-bond acceptors (Lipinski definition) is 3. The number of piperidine rings is 1. The SMILES string of the molecule is CN1CCCC(CNC(=O)Cc2ccccc2C(=O)O)C1. The molecule has 1 aromatic carbocycles. The quantitative estimate of drug-likeness (QED) is 0.859. The molecule has 0 spiro atoms. The summed E-state index contributed by atoms with van der Waals surface area (Å²) in [7, 11) is 2.09. The standard InChI is InChI=1S/C16H22N2O3/c1-18-8-4-5-12(11-18)10-17-15(19)9-13-6-2-3-7-14(13)16(20)21/h2-3,6-7,12H,4-5,8-11H2,1H3,(H,17,19)(H,20,21). The van der Waals surface area contributed by atoms with Crippen LogP contribution in [0.2, 0.25) is 0 Å². The van der Waals surface area contributed by atoms with Crippen LogP contribution in [0, 0.1) is 5.92 Å². The fourth-order valence-electron chi connectivity index (χ4n) is 2.82. The van der Waals surface area contributed by atoms with Gasteiger partial charge in [0.1, 0.15) is 0 Å². The third-order valence-electron chi connectivity index (χ3n) is 3.91. The van der Waals surface area contributed by atoms with Crippen LogP contribution in [0.3, 0.4) is 0 Å². The largest absolute Gasteiger partial charge is 0.478 e. The van der Waals surface area contributed by atoms with Gasteiger partial charge in [-0.3, -0.25) is 4.79 Å². The Morgan fingerprint density at radius 1 is 1.38 bits per heavy atom. The van der Waals surface area contributed by atoms with Crippen LogP contribution in [0.1, 0.15) is 28.8 Å². The van der Waals surface area contributed by atoms with E-state index in [1.165, 1.54) is 12.5 Å². The van der Waals surface area contributed by atoms with E-state index in [9.17, 15) is 9.59 Å². The predicted molar refractivity (Wildman–Crippen MR) is 80.3 cm³/mol. The monoisotopic (exact) mass is 290 g/mol. The predicted octanol–water partition coefficient (Wildman–Crippen LogP) is 1.39. The van der Waals surface area contributed by atoms with Crippen molar-refractivity contribution in [3.63, 3.8) is 0 Å². The molecule has 2 rings (SSSR count). The molecule has 1 aliphatic rings. The van der Waals surface area contributed by atoms with Crippen LogP contribution in [0.25, 0.3) is 0 Å². The van der Waals surface area contributed by atoms with Gasteiger partial charge < -0.3 is 15.3 Å². The van der Waals surface area contributed by atoms with E-state index in [1.807, 2.05) is 0 Å². The maximum atomic E-state index is 12.0. The summed E-state index contributed by atoms with van der Waals surface area (Å²) >= 11 is 0. The van der Waals surface area contributed by atoms with Crippen molar-refractivity contribution in [2.75, 3.05) is 26.7 Å². The second kappa shape index (κ2) is 7.22. The zero-order chi connectivity index (χ0) is 15.2. The van der Waals surface area contributed by atoms with Gasteiger partial charge in [0.05, 0.1) is 12.0 Å². The molecule has 5 nitrogen and oxygen atoms in total. The van der Waals surface area contributed by atoms with Gasteiger partial charge >= 0.3 is 5.97 Å². The number of hydrogen-bond donors (Lipinski definition) is 2. The third kappa shape index (κ3) is 4.56. The van der Waals surface area contributed by atoms with Crippen LogP contribution in [0.5, 0.6) is 0 Å². The number of benzene rings is 1. The average Bonchev–Trinajstić information content (AvgIpc) is 2.45. The first-order valence-electron chi connectivity index (χ1n) is 7.32. The number of likely N-dealkylation sites (tertiary alicyclic amines) is 1. The minimum Gasteiger partial charge on any atom is -0.478 e. The van der Waals surface area contributed by atoms with Gasteiger partial charge in [-0.1, -0.05) is 18.2 Å². The molecule has 1 saturated heterocycles. The smallest absolute Gasteiger partial charge is 0.335 e. The Bertz CT molecular complexity index is 516. The lowest BCUT2D eigenvalue weighted by Gasteiger charge is -2.29. The molecule has 1 heterocycles. The number of nitrogens with one attached hydrogen (secondary N) is 1. The molecule has 0 aromatic heterocycles. The highest BCUT2D eigenvalue weighted by molar-refractivity contribution is 5.91. The number of amides is 1. The Labute approximate surface area is 125 Å². The molecule has 1 unspecified atom stereocenters. The Balaban J connectivity index is 1.86. The molecule has 0 aliphatic carbocycles. The highest BCUT2D eigenvalue weighted by Gasteiger charge is 2.18. The Hall–Kier alpha value is -1.88. The average molecular weight is 290 g/mol. The second-order valence-electron chi connectivity index (χ2n) is 5.71. The van der Waals surface area contributed by atoms with Crippen LogP contribution in [0.4, 0.5) is 0 Å². The van der Waals surface area contributed by atoms with Crippen molar-refractivity contribution in [2.24, 2.45) is 5.92 Å². The molecule has 5 heteroatoms. The number of aromatic carboxylic acids is 1. The summed E-state index contributed by atoms with van der Waals surface area (Å²) < 4.78 is 0. The van der Waals surface area contributed by atoms with Crippen molar-refractivity contribution in [3.8, 4) is 0 Å². The Morgan fingerprint density at radius 2 is 2.14 bits per heavy atom. The first kappa shape index (κ1) is 15.5. The number of nitrogens with zero attached hydrogens (tertiary/aromatic N) is 1. The van der Waals surface area contributed by atoms with E-state index >= 15 is 0 Å². The fraction of sp³-hybridized carbons (Fsp3) is 0.500. The molecule has 0 saturated carbocycles. The first-order valence-corrected chi connectivity index (χ1v) is 7.32. The summed E-state index contributed by atoms with van der Waals surface area (Å²) in [5.41, 5.74) is 0.758. The van der Waals surface area contributed by atoms with Crippen LogP contribution in [0.15, 0.2) is 24.3 Å². The lowest BCUT2D eigenvalue weighted by atomic mass is 9.98. The van der Waals surface area contributed by atoms with Crippen LogP contribution in [-0.2, 0) is 11.2 Å². The van der Waals surface area contributed by atoms with Crippen LogP contribution < -0.4 is 5.32 Å². The third-order valence-corrected chi connectivity index (χ3v) is 3.91. The molecule has 0 radical (unpaired) electrons. The molecule has 2 N–H and O–H groups in total. The van der Waals surface area contributed by atoms with Crippen molar-refractivity contribution in [1.82, 2.24) is 10.2 Å². The van der Waals surface area contributed by atoms with Crippen molar-refractivity contribution >= 4 is 11.9 Å². The number of rotatable bonds is 5. The fourth-order valence-corrected chi connectivity index (χ4v) is 2.82. The Kier molecular flexibility index (Phi) is 5.33. The van der Waals surface area contributed by atoms with Crippen molar-refractivity contribution in [2.45, 2.75) is 19.3 Å². The molecule has 1 aliphatic heterocycles. The van der Waals surface area contributed by atoms with Crippen molar-refractivity contribution in [1.29, 1.82) is 0 Å². The summed E-state index contributed by atoms with van der Waals surface area (Å²) in [6, 6.07) is 6.65. The summed E-state index contributed by atoms with van der Waals surface area (Å²) in [5.74, 6) is -0.619. The van der Waals surface area contributed by atoms with Gasteiger partial charge in [0.2, 0.25) is 5.91 Å². The van der Waals surface area contributed by atoms with Crippen LogP contribution in [-0.4, -0.2) is 48.6 Å². The highest BCUT2D eigenvalue weighted by Crippen LogP contribution is 2.14. The van der Waals surface area contributed by atoms with E-state index in [-0.39, 0.29) is 17.9 Å². The zero-order valence-corrected chi connectivity index (χ0v) is 12.3. The van der Waals surface area contributed by atoms with Gasteiger partial charge in [0, 0.05) is 13.1 Å². The summed E-state index contributed by atoms with van der Waals surface area (Å²) in [5, 5.41) is 12.0. The van der Waals surface area contributed by atoms with Gasteiger partial charge in [-0.05, 0) is 44.0 Å². The molecular formula is C16H22N2O3. The minimum atomic E-state index is -0.993. The van der Waals surface area contributed by atoms with Gasteiger partial charge in [-0.25, -0.2) is 4.79 Å². The minimum absolute atomic E-state index is 0.114. The molecule has 21 heavy (non-hydrogen) atoms. The molecule has 1 amide bonds. The van der Waals surface area contributed by atoms with Gasteiger partial charge in [0.15, 0.2) is 0 Å². The molecule has 1 atom stereocenters. The second-order valence-corrected chi connectivity index (χ2v) is 5.71. The normalized spacial score (nSPS) is 19.2. The van der Waals surface area contributed by atoms with E-state index in [0.29, 0.717) is 18.0 Å². The lowest BCUT2D eigenvalue weighted by molar-refractivity contribution is -0.120. The lowest BCUT2D eigenvalue weighted by Crippen LogP contribution is -2.39. The topological polar surface area (TPSA) is 69.6 Å². The molecular weight excluding hydrogens is 268 g/mol. The zero-order valence-electron chi connectivity index (χ0n) is 12.3.